The molecule has 178 valence electrons. The van der Waals surface area contributed by atoms with Crippen LogP contribution in [0.15, 0.2) is 61.1 Å². The minimum absolute atomic E-state index is 0.0668. The van der Waals surface area contributed by atoms with Crippen LogP contribution in [0.3, 0.4) is 0 Å². The minimum atomic E-state index is -0.405. The van der Waals surface area contributed by atoms with Crippen molar-refractivity contribution in [3.05, 3.63) is 77.7 Å². The number of nitrogens with one attached hydrogen (secondary N) is 3. The van der Waals surface area contributed by atoms with E-state index in [1.807, 2.05) is 43.6 Å². The van der Waals surface area contributed by atoms with E-state index in [0.29, 0.717) is 11.6 Å². The second-order valence-corrected chi connectivity index (χ2v) is 10.9. The maximum Gasteiger partial charge on any atom is 0.252 e. The molecule has 2 aromatic heterocycles. The van der Waals surface area contributed by atoms with Gasteiger partial charge in [-0.25, -0.2) is 0 Å². The number of ether oxygens (including phenoxy) is 1. The van der Waals surface area contributed by atoms with Crippen molar-refractivity contribution in [2.24, 2.45) is 0 Å². The fraction of sp³-hybridized carbons (Fsp3) is 0.296. The fourth-order valence-electron chi connectivity index (χ4n) is 4.95. The summed E-state index contributed by atoms with van der Waals surface area (Å²) in [6.45, 7) is 3.03. The second kappa shape index (κ2) is 8.62. The van der Waals surface area contributed by atoms with E-state index < -0.39 is 5.54 Å². The number of aromatic amines is 1. The molecule has 35 heavy (non-hydrogen) atoms. The van der Waals surface area contributed by atoms with Crippen LogP contribution in [0, 0.1) is 6.92 Å². The topological polar surface area (TPSA) is 91.9 Å². The van der Waals surface area contributed by atoms with Crippen molar-refractivity contribution in [2.75, 3.05) is 6.54 Å². The average Bonchev–Trinajstić information content (AvgIpc) is 3.38. The Kier molecular flexibility index (Phi) is 5.42. The van der Waals surface area contributed by atoms with Gasteiger partial charge >= 0.3 is 0 Å². The number of hydrogen-bond acceptors (Lipinski definition) is 5. The Morgan fingerprint density at radius 3 is 2.80 bits per heavy atom. The Labute approximate surface area is 207 Å². The molecule has 1 saturated carbocycles. The normalized spacial score (nSPS) is 19.2. The molecule has 1 unspecified atom stereocenters. The van der Waals surface area contributed by atoms with Gasteiger partial charge in [-0.15, -0.1) is 0 Å². The van der Waals surface area contributed by atoms with Gasteiger partial charge in [0.2, 0.25) is 0 Å². The molecule has 0 spiro atoms. The predicted octanol–water partition coefficient (Wildman–Crippen LogP) is 2.78. The number of amides is 1. The Morgan fingerprint density at radius 1 is 1.23 bits per heavy atom. The van der Waals surface area contributed by atoms with E-state index in [1.165, 1.54) is 0 Å². The number of H-pyrrole nitrogens is 1. The molecule has 8 heteroatoms. The number of hydrogen-bond donors (Lipinski definition) is 3. The highest BCUT2D eigenvalue weighted by Gasteiger charge is 2.47. The lowest BCUT2D eigenvalue weighted by molar-refractivity contribution is 0.0929. The highest BCUT2D eigenvalue weighted by Crippen LogP contribution is 2.49. The summed E-state index contributed by atoms with van der Waals surface area (Å²) in [5.74, 6) is 0.693. The first-order valence-corrected chi connectivity index (χ1v) is 13.4. The van der Waals surface area contributed by atoms with Crippen LogP contribution in [0.5, 0.6) is 5.75 Å². The van der Waals surface area contributed by atoms with Gasteiger partial charge in [0.05, 0.1) is 33.2 Å². The lowest BCUT2D eigenvalue weighted by Crippen LogP contribution is -2.53. The van der Waals surface area contributed by atoms with Gasteiger partial charge in [-0.2, -0.15) is 5.10 Å². The molecule has 1 saturated heterocycles. The summed E-state index contributed by atoms with van der Waals surface area (Å²) in [5, 5.41) is 14.9. The monoisotopic (exact) mass is 483 g/mol. The van der Waals surface area contributed by atoms with Crippen molar-refractivity contribution in [3.63, 3.8) is 0 Å². The zero-order chi connectivity index (χ0) is 24.0. The zero-order valence-corrected chi connectivity index (χ0v) is 22.0. The summed E-state index contributed by atoms with van der Waals surface area (Å²) < 4.78 is 6.21. The predicted molar refractivity (Wildman–Crippen MR) is 140 cm³/mol. The van der Waals surface area contributed by atoms with Crippen LogP contribution in [-0.2, 0) is 5.54 Å². The van der Waals surface area contributed by atoms with E-state index >= 15 is 0 Å². The van der Waals surface area contributed by atoms with E-state index in [4.69, 9.17) is 4.74 Å². The number of pyridine rings is 1. The van der Waals surface area contributed by atoms with Gasteiger partial charge in [0, 0.05) is 34.9 Å². The molecule has 1 amide bonds. The summed E-state index contributed by atoms with van der Waals surface area (Å²) in [6, 6.07) is 14.6. The lowest BCUT2D eigenvalue weighted by atomic mass is 9.94. The summed E-state index contributed by atoms with van der Waals surface area (Å²) in [5.41, 5.74) is 5.45. The smallest absolute Gasteiger partial charge is 0.252 e. The van der Waals surface area contributed by atoms with Crippen molar-refractivity contribution >= 4 is 27.1 Å². The molecule has 0 bridgehead atoms. The molecule has 6 rings (SSSR count). The number of nitrogens with zero attached hydrogens (tertiary/aromatic N) is 2. The second-order valence-electron chi connectivity index (χ2n) is 9.77. The van der Waals surface area contributed by atoms with Gasteiger partial charge < -0.3 is 15.4 Å². The molecule has 3 N–H and O–H groups in total. The summed E-state index contributed by atoms with van der Waals surface area (Å²) in [4.78, 5) is 18.2. The number of benzene rings is 2. The van der Waals surface area contributed by atoms with Gasteiger partial charge in [-0.05, 0) is 79.8 Å². The molecule has 4 aromatic rings. The number of carbonyl (C=O) groups is 1. The quantitative estimate of drug-likeness (QED) is 0.352. The van der Waals surface area contributed by atoms with Crippen LogP contribution in [0.1, 0.15) is 40.7 Å². The van der Waals surface area contributed by atoms with Gasteiger partial charge in [-0.3, -0.25) is 14.9 Å². The molecule has 2 aliphatic rings. The van der Waals surface area contributed by atoms with E-state index in [9.17, 15) is 4.79 Å². The SMILES string of the molecule is Cc1ccc(OC([SiH3])[C@@H]2CCN2)cc1C(=O)NC1(c2cc(-c3cn[nH]c3)cc3ncccc23)CC1. The number of aromatic nitrogens is 3. The first-order valence-electron chi connectivity index (χ1n) is 12.2. The van der Waals surface area contributed by atoms with Crippen molar-refractivity contribution in [1.29, 1.82) is 0 Å². The van der Waals surface area contributed by atoms with E-state index in [1.54, 1.807) is 6.20 Å². The minimum Gasteiger partial charge on any atom is -0.494 e. The van der Waals surface area contributed by atoms with Gasteiger partial charge in [-0.1, -0.05) is 12.1 Å². The van der Waals surface area contributed by atoms with E-state index in [2.05, 4.69) is 44.0 Å². The van der Waals surface area contributed by atoms with Crippen LogP contribution in [0.4, 0.5) is 0 Å². The van der Waals surface area contributed by atoms with Gasteiger partial charge in [0.25, 0.3) is 5.91 Å². The van der Waals surface area contributed by atoms with Crippen LogP contribution in [-0.4, -0.2) is 49.6 Å². The third-order valence-electron chi connectivity index (χ3n) is 7.37. The fourth-order valence-corrected chi connectivity index (χ4v) is 5.79. The molecular formula is C27H29N5O2Si. The molecule has 0 radical (unpaired) electrons. The lowest BCUT2D eigenvalue weighted by Gasteiger charge is -2.33. The standard InChI is InChI=1S/C27H29N5O2Si/c1-16-4-5-19(34-26(35)23-6-10-29-23)13-21(16)25(33)32-27(7-8-27)22-11-17(18-14-30-31-15-18)12-24-20(22)3-2-9-28-24/h2-5,9,11-15,23,26,29H,6-8,10H2,1,35H3,(H,30,31)(H,32,33)/t23-,26?/m0/s1. The molecule has 1 aliphatic carbocycles. The number of carbonyl (C=O) groups excluding carboxylic acids is 1. The Morgan fingerprint density at radius 2 is 2.09 bits per heavy atom. The van der Waals surface area contributed by atoms with E-state index in [0.717, 1.165) is 75.0 Å². The number of fused-ring (bicyclic) bond motifs is 1. The molecule has 2 aromatic carbocycles. The van der Waals surface area contributed by atoms with Crippen molar-refractivity contribution in [3.8, 4) is 16.9 Å². The zero-order valence-electron chi connectivity index (χ0n) is 20.0. The van der Waals surface area contributed by atoms with Gasteiger partial charge in [0.15, 0.2) is 0 Å². The van der Waals surface area contributed by atoms with E-state index in [-0.39, 0.29) is 11.6 Å². The average molecular weight is 484 g/mol. The molecule has 1 aliphatic heterocycles. The highest BCUT2D eigenvalue weighted by molar-refractivity contribution is 6.11. The molecular weight excluding hydrogens is 454 g/mol. The molecule has 2 fully saturated rings. The number of aryl methyl sites for hydroxylation is 1. The van der Waals surface area contributed by atoms with Crippen molar-refractivity contribution in [2.45, 2.75) is 43.5 Å². The summed E-state index contributed by atoms with van der Waals surface area (Å²) >= 11 is 0. The van der Waals surface area contributed by atoms with Crippen LogP contribution in [0.2, 0.25) is 0 Å². The third kappa shape index (κ3) is 4.13. The maximum atomic E-state index is 13.6. The van der Waals surface area contributed by atoms with Crippen molar-refractivity contribution in [1.82, 2.24) is 25.8 Å². The molecule has 7 nitrogen and oxygen atoms in total. The van der Waals surface area contributed by atoms with Gasteiger partial charge in [0.1, 0.15) is 5.75 Å². The molecule has 2 atom stereocenters. The first-order chi connectivity index (χ1) is 17.0. The van der Waals surface area contributed by atoms with Crippen LogP contribution < -0.4 is 15.4 Å². The third-order valence-corrected chi connectivity index (χ3v) is 8.42. The largest absolute Gasteiger partial charge is 0.494 e. The summed E-state index contributed by atoms with van der Waals surface area (Å²) in [6.07, 6.45) is 8.43. The maximum absolute atomic E-state index is 13.6. The number of rotatable bonds is 7. The van der Waals surface area contributed by atoms with Crippen LogP contribution >= 0.6 is 0 Å². The summed E-state index contributed by atoms with van der Waals surface area (Å²) in [7, 11) is 0.932. The Balaban J connectivity index is 1.31. The first kappa shape index (κ1) is 22.0. The molecule has 3 heterocycles. The highest BCUT2D eigenvalue weighted by atomic mass is 28.1. The Bertz CT molecular complexity index is 1400. The van der Waals surface area contributed by atoms with Crippen molar-refractivity contribution < 1.29 is 9.53 Å². The van der Waals surface area contributed by atoms with Crippen LogP contribution in [0.25, 0.3) is 22.0 Å². The Hall–Kier alpha value is -3.49.